The van der Waals surface area contributed by atoms with Crippen LogP contribution < -0.4 is 0 Å². The van der Waals surface area contributed by atoms with Crippen LogP contribution in [0.3, 0.4) is 0 Å². The van der Waals surface area contributed by atoms with Gasteiger partial charge in [0.2, 0.25) is 0 Å². The molecule has 0 saturated heterocycles. The maximum absolute atomic E-state index is 12.0. The molecule has 2 aliphatic carbocycles. The minimum Gasteiger partial charge on any atom is -0.460 e. The molecule has 0 amide bonds. The molecular formula is C17H30O2. The Labute approximate surface area is 118 Å². The van der Waals surface area contributed by atoms with Crippen LogP contribution in [0.1, 0.15) is 78.6 Å². The number of carbonyl (C=O) groups is 1. The fraction of sp³-hybridized carbons (Fsp3) is 0.941. The highest BCUT2D eigenvalue weighted by molar-refractivity contribution is 5.70. The first-order valence-electron chi connectivity index (χ1n) is 8.22. The zero-order valence-electron chi connectivity index (χ0n) is 12.9. The average molecular weight is 266 g/mol. The first-order chi connectivity index (χ1) is 9.00. The second-order valence-electron chi connectivity index (χ2n) is 7.28. The molecule has 0 radical (unpaired) electrons. The summed E-state index contributed by atoms with van der Waals surface area (Å²) in [5.74, 6) is 2.47. The molecule has 2 saturated carbocycles. The van der Waals surface area contributed by atoms with Gasteiger partial charge in [0.05, 0.1) is 0 Å². The topological polar surface area (TPSA) is 26.3 Å². The van der Waals surface area contributed by atoms with Crippen LogP contribution in [0, 0.1) is 17.8 Å². The fourth-order valence-electron chi connectivity index (χ4n) is 3.81. The Kier molecular flexibility index (Phi) is 4.92. The Balaban J connectivity index is 1.78. The standard InChI is InChI=1S/C17H30O2/c1-4-17(2,3)19-16(18)12-13-9-10-14-7-5-6-8-15(14)11-13/h13-15H,4-12H2,1-3H3. The lowest BCUT2D eigenvalue weighted by Crippen LogP contribution is -2.31. The SMILES string of the molecule is CCC(C)(C)OC(=O)CC1CCC2CCCCC2C1. The monoisotopic (exact) mass is 266 g/mol. The Morgan fingerprint density at radius 2 is 1.79 bits per heavy atom. The van der Waals surface area contributed by atoms with Crippen LogP contribution in [0.4, 0.5) is 0 Å². The van der Waals surface area contributed by atoms with E-state index in [0.717, 1.165) is 18.3 Å². The molecule has 2 nitrogen and oxygen atoms in total. The molecule has 110 valence electrons. The maximum Gasteiger partial charge on any atom is 0.306 e. The van der Waals surface area contributed by atoms with Crippen LogP contribution in [0.15, 0.2) is 0 Å². The van der Waals surface area contributed by atoms with Crippen LogP contribution in [0.25, 0.3) is 0 Å². The third-order valence-corrected chi connectivity index (χ3v) is 5.35. The van der Waals surface area contributed by atoms with Gasteiger partial charge in [-0.25, -0.2) is 0 Å². The molecule has 0 aromatic rings. The smallest absolute Gasteiger partial charge is 0.306 e. The number of esters is 1. The number of hydrogen-bond acceptors (Lipinski definition) is 2. The van der Waals surface area contributed by atoms with Crippen molar-refractivity contribution in [3.05, 3.63) is 0 Å². The molecule has 0 aliphatic heterocycles. The number of carbonyl (C=O) groups excluding carboxylic acids is 1. The van der Waals surface area contributed by atoms with Crippen molar-refractivity contribution in [3.63, 3.8) is 0 Å². The van der Waals surface area contributed by atoms with E-state index in [0.29, 0.717) is 12.3 Å². The van der Waals surface area contributed by atoms with Gasteiger partial charge >= 0.3 is 5.97 Å². The molecule has 0 heterocycles. The second kappa shape index (κ2) is 6.28. The minimum atomic E-state index is -0.293. The van der Waals surface area contributed by atoms with Crippen LogP contribution in [-0.2, 0) is 9.53 Å². The lowest BCUT2D eigenvalue weighted by atomic mass is 9.67. The van der Waals surface area contributed by atoms with Gasteiger partial charge in [-0.3, -0.25) is 4.79 Å². The van der Waals surface area contributed by atoms with Crippen molar-refractivity contribution >= 4 is 5.97 Å². The molecule has 3 atom stereocenters. The molecular weight excluding hydrogens is 236 g/mol. The summed E-state index contributed by atoms with van der Waals surface area (Å²) >= 11 is 0. The summed E-state index contributed by atoms with van der Waals surface area (Å²) in [5, 5.41) is 0. The predicted molar refractivity (Wildman–Crippen MR) is 77.9 cm³/mol. The average Bonchev–Trinajstić information content (AvgIpc) is 2.38. The molecule has 19 heavy (non-hydrogen) atoms. The van der Waals surface area contributed by atoms with E-state index in [1.807, 2.05) is 13.8 Å². The van der Waals surface area contributed by atoms with Crippen LogP contribution >= 0.6 is 0 Å². The molecule has 0 N–H and O–H groups in total. The molecule has 3 unspecified atom stereocenters. The maximum atomic E-state index is 12.0. The summed E-state index contributed by atoms with van der Waals surface area (Å²) in [4.78, 5) is 12.0. The highest BCUT2D eigenvalue weighted by atomic mass is 16.6. The van der Waals surface area contributed by atoms with Gasteiger partial charge in [-0.05, 0) is 57.3 Å². The van der Waals surface area contributed by atoms with E-state index in [4.69, 9.17) is 4.74 Å². The van der Waals surface area contributed by atoms with Crippen LogP contribution in [0.2, 0.25) is 0 Å². The van der Waals surface area contributed by atoms with E-state index < -0.39 is 0 Å². The van der Waals surface area contributed by atoms with Crippen molar-refractivity contribution in [2.45, 2.75) is 84.2 Å². The summed E-state index contributed by atoms with van der Waals surface area (Å²) in [6.07, 6.45) is 11.1. The van der Waals surface area contributed by atoms with Crippen molar-refractivity contribution in [1.29, 1.82) is 0 Å². The predicted octanol–water partition coefficient (Wildman–Crippen LogP) is 4.71. The molecule has 2 heteroatoms. The highest BCUT2D eigenvalue weighted by Crippen LogP contribution is 2.43. The zero-order chi connectivity index (χ0) is 13.9. The van der Waals surface area contributed by atoms with Gasteiger partial charge in [0.25, 0.3) is 0 Å². The Bertz CT molecular complexity index is 308. The van der Waals surface area contributed by atoms with E-state index in [1.54, 1.807) is 0 Å². The third kappa shape index (κ3) is 4.22. The van der Waals surface area contributed by atoms with Gasteiger partial charge in [0.15, 0.2) is 0 Å². The normalized spacial score (nSPS) is 31.6. The number of hydrogen-bond donors (Lipinski definition) is 0. The van der Waals surface area contributed by atoms with Gasteiger partial charge in [-0.15, -0.1) is 0 Å². The summed E-state index contributed by atoms with van der Waals surface area (Å²) in [6, 6.07) is 0. The molecule has 2 aliphatic rings. The Morgan fingerprint density at radius 1 is 1.11 bits per heavy atom. The van der Waals surface area contributed by atoms with E-state index >= 15 is 0 Å². The number of fused-ring (bicyclic) bond motifs is 1. The quantitative estimate of drug-likeness (QED) is 0.688. The highest BCUT2D eigenvalue weighted by Gasteiger charge is 2.33. The van der Waals surface area contributed by atoms with Crippen LogP contribution in [-0.4, -0.2) is 11.6 Å². The minimum absolute atomic E-state index is 0.0195. The zero-order valence-corrected chi connectivity index (χ0v) is 12.9. The van der Waals surface area contributed by atoms with E-state index in [-0.39, 0.29) is 11.6 Å². The van der Waals surface area contributed by atoms with Crippen molar-refractivity contribution in [1.82, 2.24) is 0 Å². The first kappa shape index (κ1) is 14.9. The van der Waals surface area contributed by atoms with Gasteiger partial charge < -0.3 is 4.74 Å². The third-order valence-electron chi connectivity index (χ3n) is 5.35. The van der Waals surface area contributed by atoms with Gasteiger partial charge in [0, 0.05) is 6.42 Å². The van der Waals surface area contributed by atoms with Gasteiger partial charge in [-0.1, -0.05) is 32.6 Å². The molecule has 2 rings (SSSR count). The molecule has 0 aromatic heterocycles. The van der Waals surface area contributed by atoms with Gasteiger partial charge in [0.1, 0.15) is 5.60 Å². The van der Waals surface area contributed by atoms with Crippen molar-refractivity contribution in [2.75, 3.05) is 0 Å². The Morgan fingerprint density at radius 3 is 2.47 bits per heavy atom. The largest absolute Gasteiger partial charge is 0.460 e. The molecule has 0 spiro atoms. The molecule has 0 bridgehead atoms. The van der Waals surface area contributed by atoms with Crippen LogP contribution in [0.5, 0.6) is 0 Å². The first-order valence-corrected chi connectivity index (χ1v) is 8.22. The van der Waals surface area contributed by atoms with E-state index in [2.05, 4.69) is 6.92 Å². The van der Waals surface area contributed by atoms with E-state index in [1.165, 1.54) is 44.9 Å². The van der Waals surface area contributed by atoms with Crippen molar-refractivity contribution in [3.8, 4) is 0 Å². The summed E-state index contributed by atoms with van der Waals surface area (Å²) < 4.78 is 5.59. The molecule has 0 aromatic carbocycles. The second-order valence-corrected chi connectivity index (χ2v) is 7.28. The lowest BCUT2D eigenvalue weighted by molar-refractivity contribution is -0.158. The summed E-state index contributed by atoms with van der Waals surface area (Å²) in [5.41, 5.74) is -0.293. The van der Waals surface area contributed by atoms with Crippen molar-refractivity contribution in [2.24, 2.45) is 17.8 Å². The fourth-order valence-corrected chi connectivity index (χ4v) is 3.81. The van der Waals surface area contributed by atoms with Gasteiger partial charge in [-0.2, -0.15) is 0 Å². The summed E-state index contributed by atoms with van der Waals surface area (Å²) in [6.45, 7) is 6.08. The van der Waals surface area contributed by atoms with Crippen molar-refractivity contribution < 1.29 is 9.53 Å². The Hall–Kier alpha value is -0.530. The van der Waals surface area contributed by atoms with E-state index in [9.17, 15) is 4.79 Å². The number of rotatable bonds is 4. The summed E-state index contributed by atoms with van der Waals surface area (Å²) in [7, 11) is 0. The lowest BCUT2D eigenvalue weighted by Gasteiger charge is -2.39. The molecule has 2 fully saturated rings. The number of ether oxygens (including phenoxy) is 1.